The smallest absolute Gasteiger partial charge is 0.244 e. The average molecular weight is 296 g/mol. The fraction of sp³-hybridized carbons (Fsp3) is 0.333. The van der Waals surface area contributed by atoms with Crippen LogP contribution in [0, 0.1) is 5.92 Å². The van der Waals surface area contributed by atoms with Gasteiger partial charge in [0.1, 0.15) is 0 Å². The molecular formula is C18H20N2O2. The quantitative estimate of drug-likeness (QED) is 0.852. The van der Waals surface area contributed by atoms with Gasteiger partial charge >= 0.3 is 0 Å². The van der Waals surface area contributed by atoms with Gasteiger partial charge in [-0.05, 0) is 31.1 Å². The zero-order valence-corrected chi connectivity index (χ0v) is 12.4. The summed E-state index contributed by atoms with van der Waals surface area (Å²) in [4.78, 5) is 16.3. The summed E-state index contributed by atoms with van der Waals surface area (Å²) in [5.41, 5.74) is 1.67. The highest BCUT2D eigenvalue weighted by molar-refractivity contribution is 5.91. The molecule has 0 saturated heterocycles. The second-order valence-electron chi connectivity index (χ2n) is 5.77. The van der Waals surface area contributed by atoms with Crippen LogP contribution in [0.25, 0.3) is 17.0 Å². The number of hydrogen-bond acceptors (Lipinski definition) is 3. The first-order valence-corrected chi connectivity index (χ1v) is 7.72. The lowest BCUT2D eigenvalue weighted by Crippen LogP contribution is -2.31. The minimum absolute atomic E-state index is 0.144. The zero-order valence-electron chi connectivity index (χ0n) is 12.4. The number of aliphatic hydroxyl groups excluding tert-OH is 1. The van der Waals surface area contributed by atoms with E-state index in [1.165, 1.54) is 6.08 Å². The molecule has 2 atom stereocenters. The fourth-order valence-corrected chi connectivity index (χ4v) is 2.88. The molecule has 0 bridgehead atoms. The monoisotopic (exact) mass is 296 g/mol. The van der Waals surface area contributed by atoms with Crippen molar-refractivity contribution in [3.05, 3.63) is 48.2 Å². The number of amides is 1. The number of nitrogens with one attached hydrogen (secondary N) is 1. The van der Waals surface area contributed by atoms with Crippen LogP contribution < -0.4 is 5.32 Å². The van der Waals surface area contributed by atoms with E-state index in [0.29, 0.717) is 6.54 Å². The standard InChI is InChI=1S/C18H20N2O2/c21-17-7-3-5-14(17)12-19-18(22)11-10-15-9-8-13-4-1-2-6-16(13)20-15/h1-2,4,6,8-11,14,17,21H,3,5,7,12H2,(H,19,22). The molecule has 0 aliphatic heterocycles. The molecule has 1 heterocycles. The number of carbonyl (C=O) groups is 1. The average Bonchev–Trinajstić information content (AvgIpc) is 2.96. The van der Waals surface area contributed by atoms with Gasteiger partial charge in [-0.3, -0.25) is 4.79 Å². The molecule has 1 fully saturated rings. The van der Waals surface area contributed by atoms with E-state index in [1.54, 1.807) is 6.08 Å². The molecule has 0 spiro atoms. The van der Waals surface area contributed by atoms with Crippen molar-refractivity contribution in [2.24, 2.45) is 5.92 Å². The van der Waals surface area contributed by atoms with E-state index in [-0.39, 0.29) is 17.9 Å². The summed E-state index contributed by atoms with van der Waals surface area (Å²) in [5, 5.41) is 13.7. The van der Waals surface area contributed by atoms with Crippen molar-refractivity contribution in [3.63, 3.8) is 0 Å². The Labute approximate surface area is 129 Å². The third kappa shape index (κ3) is 3.52. The number of fused-ring (bicyclic) bond motifs is 1. The zero-order chi connectivity index (χ0) is 15.4. The van der Waals surface area contributed by atoms with E-state index in [4.69, 9.17) is 0 Å². The lowest BCUT2D eigenvalue weighted by molar-refractivity contribution is -0.116. The predicted octanol–water partition coefficient (Wildman–Crippen LogP) is 2.53. The van der Waals surface area contributed by atoms with Crippen molar-refractivity contribution in [2.45, 2.75) is 25.4 Å². The molecule has 2 aromatic rings. The molecule has 3 rings (SSSR count). The van der Waals surface area contributed by atoms with Crippen LogP contribution in [0.5, 0.6) is 0 Å². The highest BCUT2D eigenvalue weighted by Gasteiger charge is 2.24. The Balaban J connectivity index is 1.58. The number of aliphatic hydroxyl groups is 1. The van der Waals surface area contributed by atoms with Gasteiger partial charge in [-0.25, -0.2) is 4.98 Å². The predicted molar refractivity (Wildman–Crippen MR) is 87.1 cm³/mol. The first kappa shape index (κ1) is 14.7. The van der Waals surface area contributed by atoms with Crippen LogP contribution in [-0.4, -0.2) is 28.6 Å². The minimum Gasteiger partial charge on any atom is -0.393 e. The molecule has 1 aliphatic carbocycles. The van der Waals surface area contributed by atoms with Crippen molar-refractivity contribution in [1.29, 1.82) is 0 Å². The molecule has 22 heavy (non-hydrogen) atoms. The van der Waals surface area contributed by atoms with Crippen molar-refractivity contribution < 1.29 is 9.90 Å². The molecule has 4 nitrogen and oxygen atoms in total. The van der Waals surface area contributed by atoms with Crippen molar-refractivity contribution in [1.82, 2.24) is 10.3 Å². The van der Waals surface area contributed by atoms with Crippen molar-refractivity contribution >= 4 is 22.9 Å². The van der Waals surface area contributed by atoms with Gasteiger partial charge in [0.2, 0.25) is 5.91 Å². The van der Waals surface area contributed by atoms with Gasteiger partial charge < -0.3 is 10.4 Å². The van der Waals surface area contributed by atoms with Crippen molar-refractivity contribution in [3.8, 4) is 0 Å². The van der Waals surface area contributed by atoms with Gasteiger partial charge in [-0.15, -0.1) is 0 Å². The van der Waals surface area contributed by atoms with Gasteiger partial charge in [0, 0.05) is 23.9 Å². The fourth-order valence-electron chi connectivity index (χ4n) is 2.88. The summed E-state index contributed by atoms with van der Waals surface area (Å²) in [5.74, 6) is 0.0465. The molecule has 1 aromatic carbocycles. The number of rotatable bonds is 4. The Morgan fingerprint density at radius 3 is 2.95 bits per heavy atom. The summed E-state index contributed by atoms with van der Waals surface area (Å²) in [7, 11) is 0. The summed E-state index contributed by atoms with van der Waals surface area (Å²) >= 11 is 0. The molecule has 1 saturated carbocycles. The maximum absolute atomic E-state index is 11.8. The Kier molecular flexibility index (Phi) is 4.49. The lowest BCUT2D eigenvalue weighted by Gasteiger charge is -2.13. The van der Waals surface area contributed by atoms with E-state index < -0.39 is 0 Å². The Bertz CT molecular complexity index is 696. The van der Waals surface area contributed by atoms with Gasteiger partial charge in [0.25, 0.3) is 0 Å². The number of benzene rings is 1. The number of aromatic nitrogens is 1. The Morgan fingerprint density at radius 1 is 1.27 bits per heavy atom. The normalized spacial score (nSPS) is 21.5. The summed E-state index contributed by atoms with van der Waals surface area (Å²) in [6, 6.07) is 11.8. The van der Waals surface area contributed by atoms with E-state index in [1.807, 2.05) is 36.4 Å². The number of carbonyl (C=O) groups excluding carboxylic acids is 1. The van der Waals surface area contributed by atoms with Crippen LogP contribution in [0.15, 0.2) is 42.5 Å². The number of pyridine rings is 1. The first-order valence-electron chi connectivity index (χ1n) is 7.72. The van der Waals surface area contributed by atoms with Crippen LogP contribution in [-0.2, 0) is 4.79 Å². The van der Waals surface area contributed by atoms with Crippen LogP contribution in [0.3, 0.4) is 0 Å². The van der Waals surface area contributed by atoms with Gasteiger partial charge in [0.15, 0.2) is 0 Å². The van der Waals surface area contributed by atoms with Crippen LogP contribution >= 0.6 is 0 Å². The Morgan fingerprint density at radius 2 is 2.14 bits per heavy atom. The molecule has 0 radical (unpaired) electrons. The van der Waals surface area contributed by atoms with Gasteiger partial charge in [-0.2, -0.15) is 0 Å². The highest BCUT2D eigenvalue weighted by Crippen LogP contribution is 2.24. The molecule has 2 N–H and O–H groups in total. The maximum Gasteiger partial charge on any atom is 0.244 e. The molecular weight excluding hydrogens is 276 g/mol. The molecule has 1 aliphatic rings. The summed E-state index contributed by atoms with van der Waals surface area (Å²) < 4.78 is 0. The van der Waals surface area contributed by atoms with Crippen LogP contribution in [0.2, 0.25) is 0 Å². The number of nitrogens with zero attached hydrogens (tertiary/aromatic N) is 1. The van der Waals surface area contributed by atoms with E-state index >= 15 is 0 Å². The first-order chi connectivity index (χ1) is 10.7. The van der Waals surface area contributed by atoms with E-state index in [9.17, 15) is 9.90 Å². The SMILES string of the molecule is O=C(C=Cc1ccc2ccccc2n1)NCC1CCCC1O. The second kappa shape index (κ2) is 6.71. The van der Waals surface area contributed by atoms with Gasteiger partial charge in [0.05, 0.1) is 17.3 Å². The van der Waals surface area contributed by atoms with Crippen molar-refractivity contribution in [2.75, 3.05) is 6.54 Å². The third-order valence-electron chi connectivity index (χ3n) is 4.18. The molecule has 2 unspecified atom stereocenters. The molecule has 114 valence electrons. The molecule has 1 aromatic heterocycles. The maximum atomic E-state index is 11.8. The van der Waals surface area contributed by atoms with E-state index in [0.717, 1.165) is 35.9 Å². The summed E-state index contributed by atoms with van der Waals surface area (Å²) in [6.45, 7) is 0.537. The lowest BCUT2D eigenvalue weighted by atomic mass is 10.1. The van der Waals surface area contributed by atoms with Gasteiger partial charge in [-0.1, -0.05) is 30.7 Å². The number of para-hydroxylation sites is 1. The summed E-state index contributed by atoms with van der Waals surface area (Å²) in [6.07, 6.45) is 5.81. The highest BCUT2D eigenvalue weighted by atomic mass is 16.3. The van der Waals surface area contributed by atoms with Crippen LogP contribution in [0.1, 0.15) is 25.0 Å². The third-order valence-corrected chi connectivity index (χ3v) is 4.18. The minimum atomic E-state index is -0.272. The Hall–Kier alpha value is -2.20. The number of hydrogen-bond donors (Lipinski definition) is 2. The molecule has 1 amide bonds. The molecule has 4 heteroatoms. The second-order valence-corrected chi connectivity index (χ2v) is 5.77. The topological polar surface area (TPSA) is 62.2 Å². The van der Waals surface area contributed by atoms with Crippen LogP contribution in [0.4, 0.5) is 0 Å². The van der Waals surface area contributed by atoms with E-state index in [2.05, 4.69) is 10.3 Å². The largest absolute Gasteiger partial charge is 0.393 e.